The summed E-state index contributed by atoms with van der Waals surface area (Å²) in [5.41, 5.74) is 5.46. The van der Waals surface area contributed by atoms with E-state index in [-0.39, 0.29) is 18.0 Å². The van der Waals surface area contributed by atoms with Gasteiger partial charge in [0.15, 0.2) is 0 Å². The van der Waals surface area contributed by atoms with Gasteiger partial charge in [-0.15, -0.1) is 0 Å². The number of anilines is 1. The summed E-state index contributed by atoms with van der Waals surface area (Å²) in [6.45, 7) is 12.6. The van der Waals surface area contributed by atoms with Crippen LogP contribution in [0.1, 0.15) is 54.4 Å². The predicted octanol–water partition coefficient (Wildman–Crippen LogP) is 4.04. The van der Waals surface area contributed by atoms with Crippen LogP contribution in [0.25, 0.3) is 22.0 Å². The van der Waals surface area contributed by atoms with Crippen molar-refractivity contribution < 1.29 is 4.79 Å². The zero-order valence-corrected chi connectivity index (χ0v) is 24.1. The monoisotopic (exact) mass is 541 g/mol. The summed E-state index contributed by atoms with van der Waals surface area (Å²) >= 11 is 0. The van der Waals surface area contributed by atoms with Crippen molar-refractivity contribution in [3.8, 4) is 11.1 Å². The molecule has 0 unspecified atom stereocenters. The van der Waals surface area contributed by atoms with Gasteiger partial charge in [-0.3, -0.25) is 19.2 Å². The molecule has 3 aromatic heterocycles. The molecule has 0 atom stereocenters. The molecule has 9 heteroatoms. The van der Waals surface area contributed by atoms with Crippen LogP contribution in [0.4, 0.5) is 5.82 Å². The number of aromatic amines is 1. The van der Waals surface area contributed by atoms with Gasteiger partial charge >= 0.3 is 0 Å². The van der Waals surface area contributed by atoms with Gasteiger partial charge in [-0.05, 0) is 68.7 Å². The molecule has 1 aromatic carbocycles. The molecule has 0 radical (unpaired) electrons. The fraction of sp³-hybridized carbons (Fsp3) is 0.419. The Hall–Kier alpha value is -3.98. The van der Waals surface area contributed by atoms with Crippen LogP contribution in [0.3, 0.4) is 0 Å². The van der Waals surface area contributed by atoms with Crippen molar-refractivity contribution >= 4 is 22.6 Å². The van der Waals surface area contributed by atoms with Gasteiger partial charge in [0, 0.05) is 74.2 Å². The van der Waals surface area contributed by atoms with E-state index in [0.29, 0.717) is 17.2 Å². The zero-order chi connectivity index (χ0) is 28.4. The molecule has 0 saturated carbocycles. The molecule has 4 heterocycles. The average molecular weight is 542 g/mol. The van der Waals surface area contributed by atoms with E-state index >= 15 is 0 Å². The maximum Gasteiger partial charge on any atom is 0.253 e. The standard InChI is InChI=1S/C31H39N7O2/c1-6-7-22-14-21(4)35-31(40)26(22)18-33-30(39)25-15-24(16-28-27(25)19-34-36(28)5)23-8-9-29(32-17-23)38-12-10-37(11-13-38)20(2)3/h8-9,14-17,19-20H,6-7,10-13,18H2,1-5H3,(H,33,39)(H,35,40). The second-order valence-electron chi connectivity index (χ2n) is 11.0. The molecule has 1 fully saturated rings. The first-order chi connectivity index (χ1) is 19.2. The predicted molar refractivity (Wildman–Crippen MR) is 160 cm³/mol. The van der Waals surface area contributed by atoms with Gasteiger partial charge in [-0.25, -0.2) is 4.98 Å². The van der Waals surface area contributed by atoms with Crippen LogP contribution in [-0.4, -0.2) is 62.8 Å². The van der Waals surface area contributed by atoms with E-state index in [1.165, 1.54) is 0 Å². The zero-order valence-electron chi connectivity index (χ0n) is 24.1. The number of nitrogens with zero attached hydrogens (tertiary/aromatic N) is 5. The number of aromatic nitrogens is 4. The second kappa shape index (κ2) is 11.6. The minimum Gasteiger partial charge on any atom is -0.354 e. The van der Waals surface area contributed by atoms with E-state index in [1.54, 1.807) is 10.9 Å². The van der Waals surface area contributed by atoms with Crippen LogP contribution in [0.5, 0.6) is 0 Å². The van der Waals surface area contributed by atoms with Crippen molar-refractivity contribution in [2.24, 2.45) is 7.05 Å². The number of pyridine rings is 2. The fourth-order valence-corrected chi connectivity index (χ4v) is 5.55. The fourth-order valence-electron chi connectivity index (χ4n) is 5.55. The maximum atomic E-state index is 13.5. The maximum absolute atomic E-state index is 13.5. The molecule has 4 aromatic rings. The highest BCUT2D eigenvalue weighted by molar-refractivity contribution is 6.08. The van der Waals surface area contributed by atoms with Crippen LogP contribution in [0.15, 0.2) is 47.5 Å². The quantitative estimate of drug-likeness (QED) is 0.349. The Morgan fingerprint density at radius 3 is 2.52 bits per heavy atom. The Labute approximate surface area is 235 Å². The molecule has 0 spiro atoms. The van der Waals surface area contributed by atoms with Crippen LogP contribution in [0, 0.1) is 6.92 Å². The highest BCUT2D eigenvalue weighted by atomic mass is 16.1. The number of benzene rings is 1. The average Bonchev–Trinajstić information content (AvgIpc) is 3.32. The summed E-state index contributed by atoms with van der Waals surface area (Å²) in [5.74, 6) is 0.729. The number of carbonyl (C=O) groups excluding carboxylic acids is 1. The van der Waals surface area contributed by atoms with Crippen LogP contribution < -0.4 is 15.8 Å². The summed E-state index contributed by atoms with van der Waals surface area (Å²) in [7, 11) is 1.87. The largest absolute Gasteiger partial charge is 0.354 e. The summed E-state index contributed by atoms with van der Waals surface area (Å²) < 4.78 is 1.77. The normalized spacial score (nSPS) is 14.3. The molecule has 0 bridgehead atoms. The first-order valence-corrected chi connectivity index (χ1v) is 14.2. The molecule has 210 valence electrons. The van der Waals surface area contributed by atoms with Gasteiger partial charge in [0.2, 0.25) is 0 Å². The lowest BCUT2D eigenvalue weighted by Crippen LogP contribution is -2.49. The summed E-state index contributed by atoms with van der Waals surface area (Å²) in [4.78, 5) is 38.7. The van der Waals surface area contributed by atoms with Gasteiger partial charge in [-0.2, -0.15) is 5.10 Å². The second-order valence-corrected chi connectivity index (χ2v) is 11.0. The van der Waals surface area contributed by atoms with Gasteiger partial charge in [-0.1, -0.05) is 13.3 Å². The molecule has 2 N–H and O–H groups in total. The molecule has 5 rings (SSSR count). The Kier molecular flexibility index (Phi) is 8.02. The van der Waals surface area contributed by atoms with Crippen molar-refractivity contribution in [1.82, 2.24) is 30.0 Å². The third-order valence-corrected chi connectivity index (χ3v) is 7.87. The first kappa shape index (κ1) is 27.6. The van der Waals surface area contributed by atoms with Crippen molar-refractivity contribution in [1.29, 1.82) is 0 Å². The molecular formula is C31H39N7O2. The Bertz CT molecular complexity index is 1560. The van der Waals surface area contributed by atoms with Gasteiger partial charge in [0.1, 0.15) is 5.82 Å². The number of aryl methyl sites for hydroxylation is 3. The van der Waals surface area contributed by atoms with Crippen LogP contribution >= 0.6 is 0 Å². The Balaban J connectivity index is 1.39. The smallest absolute Gasteiger partial charge is 0.253 e. The summed E-state index contributed by atoms with van der Waals surface area (Å²) in [6.07, 6.45) is 5.30. The number of H-pyrrole nitrogens is 1. The van der Waals surface area contributed by atoms with E-state index < -0.39 is 0 Å². The summed E-state index contributed by atoms with van der Waals surface area (Å²) in [5, 5.41) is 8.17. The van der Waals surface area contributed by atoms with E-state index in [2.05, 4.69) is 58.1 Å². The van der Waals surface area contributed by atoms with Crippen LogP contribution in [-0.2, 0) is 20.0 Å². The van der Waals surface area contributed by atoms with Crippen molar-refractivity contribution in [3.05, 3.63) is 75.5 Å². The number of carbonyl (C=O) groups is 1. The molecule has 9 nitrogen and oxygen atoms in total. The number of hydrogen-bond acceptors (Lipinski definition) is 6. The van der Waals surface area contributed by atoms with Gasteiger partial charge < -0.3 is 15.2 Å². The van der Waals surface area contributed by atoms with E-state index in [0.717, 1.165) is 78.1 Å². The number of rotatable bonds is 8. The van der Waals surface area contributed by atoms with Crippen molar-refractivity contribution in [3.63, 3.8) is 0 Å². The van der Waals surface area contributed by atoms with E-state index in [1.807, 2.05) is 38.4 Å². The minimum atomic E-state index is -0.241. The highest BCUT2D eigenvalue weighted by Crippen LogP contribution is 2.29. The molecule has 1 aliphatic heterocycles. The molecule has 1 aliphatic rings. The van der Waals surface area contributed by atoms with Crippen LogP contribution in [0.2, 0.25) is 0 Å². The number of fused-ring (bicyclic) bond motifs is 1. The van der Waals surface area contributed by atoms with Gasteiger partial charge in [0.25, 0.3) is 11.5 Å². The van der Waals surface area contributed by atoms with E-state index in [4.69, 9.17) is 4.98 Å². The lowest BCUT2D eigenvalue weighted by molar-refractivity contribution is 0.0952. The number of amides is 1. The lowest BCUT2D eigenvalue weighted by Gasteiger charge is -2.37. The van der Waals surface area contributed by atoms with Crippen molar-refractivity contribution in [2.75, 3.05) is 31.1 Å². The molecule has 40 heavy (non-hydrogen) atoms. The number of piperazine rings is 1. The van der Waals surface area contributed by atoms with Gasteiger partial charge in [0.05, 0.1) is 17.3 Å². The summed E-state index contributed by atoms with van der Waals surface area (Å²) in [6, 6.07) is 10.6. The Morgan fingerprint density at radius 2 is 1.85 bits per heavy atom. The number of hydrogen-bond donors (Lipinski definition) is 2. The molecule has 0 aliphatic carbocycles. The third-order valence-electron chi connectivity index (χ3n) is 7.87. The number of nitrogens with one attached hydrogen (secondary N) is 2. The molecule has 1 amide bonds. The van der Waals surface area contributed by atoms with Crippen molar-refractivity contribution in [2.45, 2.75) is 53.1 Å². The Morgan fingerprint density at radius 1 is 1.07 bits per heavy atom. The molecule has 1 saturated heterocycles. The lowest BCUT2D eigenvalue weighted by atomic mass is 10.0. The third kappa shape index (κ3) is 5.65. The minimum absolute atomic E-state index is 0.152. The highest BCUT2D eigenvalue weighted by Gasteiger charge is 2.21. The topological polar surface area (TPSA) is 99.2 Å². The SMILES string of the molecule is CCCc1cc(C)[nH]c(=O)c1CNC(=O)c1cc(-c2ccc(N3CCN(C(C)C)CC3)nc2)cc2c1cnn2C. The first-order valence-electron chi connectivity index (χ1n) is 14.2. The van der Waals surface area contributed by atoms with E-state index in [9.17, 15) is 9.59 Å². The molecular weight excluding hydrogens is 502 g/mol.